The topological polar surface area (TPSA) is 25.8 Å². The fourth-order valence-electron chi connectivity index (χ4n) is 5.69. The largest absolute Gasteiger partial charge is 0.264 e. The second-order valence-corrected chi connectivity index (χ2v) is 13.4. The molecular formula is C25H22N2Si. The van der Waals surface area contributed by atoms with Crippen LogP contribution in [-0.2, 0) is 5.41 Å². The van der Waals surface area contributed by atoms with E-state index < -0.39 is 8.07 Å². The Balaban J connectivity index is 1.78. The van der Waals surface area contributed by atoms with Crippen LogP contribution in [0.1, 0.15) is 25.0 Å². The molecule has 0 spiro atoms. The lowest BCUT2D eigenvalue weighted by atomic mass is 9.79. The molecule has 0 fully saturated rings. The van der Waals surface area contributed by atoms with Gasteiger partial charge in [0.1, 0.15) is 8.07 Å². The highest BCUT2D eigenvalue weighted by molar-refractivity contribution is 7.05. The summed E-state index contributed by atoms with van der Waals surface area (Å²) in [5, 5.41) is 5.75. The lowest BCUT2D eigenvalue weighted by Crippen LogP contribution is -2.49. The molecule has 2 aromatic carbocycles. The van der Waals surface area contributed by atoms with Crippen molar-refractivity contribution in [2.45, 2.75) is 32.4 Å². The van der Waals surface area contributed by atoms with E-state index in [9.17, 15) is 0 Å². The second-order valence-electron chi connectivity index (χ2n) is 9.15. The first-order valence-corrected chi connectivity index (χ1v) is 12.9. The SMILES string of the molecule is CC1(C)c2cccnc2-c2ccc3c(c21)-c1ccc2cnccc2c1[Si]3(C)C. The lowest BCUT2D eigenvalue weighted by Gasteiger charge is -2.25. The predicted octanol–water partition coefficient (Wildman–Crippen LogP) is 4.74. The van der Waals surface area contributed by atoms with Crippen LogP contribution >= 0.6 is 0 Å². The molecule has 3 heterocycles. The molecule has 2 aromatic heterocycles. The van der Waals surface area contributed by atoms with Gasteiger partial charge in [-0.3, -0.25) is 9.97 Å². The minimum atomic E-state index is -1.80. The molecule has 3 heteroatoms. The number of nitrogens with zero attached hydrogens (tertiary/aromatic N) is 2. The number of rotatable bonds is 0. The van der Waals surface area contributed by atoms with Crippen molar-refractivity contribution in [3.05, 3.63) is 72.2 Å². The first-order chi connectivity index (χ1) is 13.4. The predicted molar refractivity (Wildman–Crippen MR) is 119 cm³/mol. The van der Waals surface area contributed by atoms with Gasteiger partial charge in [0, 0.05) is 29.6 Å². The fraction of sp³-hybridized carbons (Fsp3) is 0.200. The van der Waals surface area contributed by atoms with Crippen molar-refractivity contribution in [1.82, 2.24) is 9.97 Å². The maximum Gasteiger partial charge on any atom is 0.114 e. The molecule has 0 radical (unpaired) electrons. The van der Waals surface area contributed by atoms with Gasteiger partial charge in [0.05, 0.1) is 5.69 Å². The van der Waals surface area contributed by atoms with Crippen molar-refractivity contribution in [2.24, 2.45) is 0 Å². The highest BCUT2D eigenvalue weighted by Crippen LogP contribution is 2.52. The summed E-state index contributed by atoms with van der Waals surface area (Å²) in [4.78, 5) is 9.12. The Hall–Kier alpha value is -2.78. The molecule has 0 unspecified atom stereocenters. The Morgan fingerprint density at radius 2 is 1.71 bits per heavy atom. The van der Waals surface area contributed by atoms with Crippen molar-refractivity contribution in [3.8, 4) is 22.4 Å². The number of pyridine rings is 2. The van der Waals surface area contributed by atoms with E-state index in [-0.39, 0.29) is 5.41 Å². The van der Waals surface area contributed by atoms with Gasteiger partial charge in [-0.2, -0.15) is 0 Å². The van der Waals surface area contributed by atoms with Crippen LogP contribution < -0.4 is 10.4 Å². The van der Waals surface area contributed by atoms with Gasteiger partial charge in [-0.1, -0.05) is 57.3 Å². The lowest BCUT2D eigenvalue weighted by molar-refractivity contribution is 0.661. The Morgan fingerprint density at radius 3 is 2.57 bits per heavy atom. The van der Waals surface area contributed by atoms with Gasteiger partial charge in [-0.05, 0) is 55.5 Å². The summed E-state index contributed by atoms with van der Waals surface area (Å²) in [6.45, 7) is 9.71. The van der Waals surface area contributed by atoms with Gasteiger partial charge in [0.25, 0.3) is 0 Å². The van der Waals surface area contributed by atoms with E-state index in [1.54, 1.807) is 10.4 Å². The molecule has 0 N–H and O–H groups in total. The Kier molecular flexibility index (Phi) is 2.88. The molecule has 0 saturated heterocycles. The highest BCUT2D eigenvalue weighted by atomic mass is 28.3. The van der Waals surface area contributed by atoms with Crippen LogP contribution in [0.15, 0.2) is 61.1 Å². The van der Waals surface area contributed by atoms with E-state index in [2.05, 4.69) is 74.4 Å². The van der Waals surface area contributed by atoms with Crippen LogP contribution in [0, 0.1) is 0 Å². The first-order valence-electron chi connectivity index (χ1n) is 9.94. The zero-order chi connectivity index (χ0) is 19.3. The van der Waals surface area contributed by atoms with Gasteiger partial charge >= 0.3 is 0 Å². The third-order valence-electron chi connectivity index (χ3n) is 6.95. The summed E-state index contributed by atoms with van der Waals surface area (Å²) in [6.07, 6.45) is 5.85. The average molecular weight is 379 g/mol. The molecule has 0 saturated carbocycles. The first kappa shape index (κ1) is 16.2. The summed E-state index contributed by atoms with van der Waals surface area (Å²) >= 11 is 0. The van der Waals surface area contributed by atoms with Gasteiger partial charge < -0.3 is 0 Å². The molecule has 1 aliphatic heterocycles. The average Bonchev–Trinajstić information content (AvgIpc) is 3.08. The molecule has 6 rings (SSSR count). The zero-order valence-corrected chi connectivity index (χ0v) is 17.7. The molecule has 2 aliphatic rings. The van der Waals surface area contributed by atoms with Crippen molar-refractivity contribution in [1.29, 1.82) is 0 Å². The number of benzene rings is 2. The van der Waals surface area contributed by atoms with Crippen molar-refractivity contribution in [2.75, 3.05) is 0 Å². The summed E-state index contributed by atoms with van der Waals surface area (Å²) in [5.74, 6) is 0. The number of hydrogen-bond acceptors (Lipinski definition) is 2. The van der Waals surface area contributed by atoms with Gasteiger partial charge in [0.15, 0.2) is 0 Å². The van der Waals surface area contributed by atoms with Crippen molar-refractivity contribution < 1.29 is 0 Å². The normalized spacial score (nSPS) is 17.1. The molecule has 1 aliphatic carbocycles. The van der Waals surface area contributed by atoms with Crippen LogP contribution in [0.3, 0.4) is 0 Å². The Labute approximate surface area is 166 Å². The quantitative estimate of drug-likeness (QED) is 0.413. The van der Waals surface area contributed by atoms with E-state index in [4.69, 9.17) is 4.98 Å². The summed E-state index contributed by atoms with van der Waals surface area (Å²) in [5.41, 5.74) is 8.15. The van der Waals surface area contributed by atoms with Crippen LogP contribution in [0.4, 0.5) is 0 Å². The van der Waals surface area contributed by atoms with E-state index in [1.165, 1.54) is 38.6 Å². The third kappa shape index (κ3) is 1.74. The molecule has 28 heavy (non-hydrogen) atoms. The van der Waals surface area contributed by atoms with E-state index in [0.29, 0.717) is 0 Å². The third-order valence-corrected chi connectivity index (χ3v) is 10.5. The number of aromatic nitrogens is 2. The van der Waals surface area contributed by atoms with Crippen LogP contribution in [-0.4, -0.2) is 18.0 Å². The molecule has 4 aromatic rings. The monoisotopic (exact) mass is 378 g/mol. The smallest absolute Gasteiger partial charge is 0.114 e. The molecule has 2 nitrogen and oxygen atoms in total. The summed E-state index contributed by atoms with van der Waals surface area (Å²) in [7, 11) is -1.80. The number of fused-ring (bicyclic) bond motifs is 9. The van der Waals surface area contributed by atoms with Gasteiger partial charge in [-0.25, -0.2) is 0 Å². The molecular weight excluding hydrogens is 356 g/mol. The molecule has 136 valence electrons. The highest BCUT2D eigenvalue weighted by Gasteiger charge is 2.46. The van der Waals surface area contributed by atoms with Gasteiger partial charge in [0.2, 0.25) is 0 Å². The minimum Gasteiger partial charge on any atom is -0.264 e. The maximum atomic E-state index is 4.77. The second kappa shape index (κ2) is 4.98. The van der Waals surface area contributed by atoms with E-state index in [0.717, 1.165) is 5.69 Å². The molecule has 0 amide bonds. The standard InChI is InChI=1S/C25H22N2Si/c1-25(2)19-6-5-12-27-23(19)18-9-10-20-21(22(18)25)17-8-7-15-14-26-13-11-16(15)24(17)28(20,3)4/h5-14H,1-4H3. The van der Waals surface area contributed by atoms with Crippen LogP contribution in [0.5, 0.6) is 0 Å². The minimum absolute atomic E-state index is 0.0381. The molecule has 0 atom stereocenters. The van der Waals surface area contributed by atoms with Crippen molar-refractivity contribution >= 4 is 29.2 Å². The van der Waals surface area contributed by atoms with Crippen molar-refractivity contribution in [3.63, 3.8) is 0 Å². The summed E-state index contributed by atoms with van der Waals surface area (Å²) in [6, 6.07) is 15.8. The zero-order valence-electron chi connectivity index (χ0n) is 16.7. The van der Waals surface area contributed by atoms with E-state index in [1.807, 2.05) is 18.6 Å². The van der Waals surface area contributed by atoms with E-state index >= 15 is 0 Å². The van der Waals surface area contributed by atoms with Gasteiger partial charge in [-0.15, -0.1) is 0 Å². The van der Waals surface area contributed by atoms with Crippen LogP contribution in [0.25, 0.3) is 33.2 Å². The number of hydrogen-bond donors (Lipinski definition) is 0. The Bertz CT molecular complexity index is 1320. The Morgan fingerprint density at radius 1 is 0.893 bits per heavy atom. The molecule has 0 bridgehead atoms. The maximum absolute atomic E-state index is 4.77. The summed E-state index contributed by atoms with van der Waals surface area (Å²) < 4.78 is 0. The fourth-order valence-corrected chi connectivity index (χ4v) is 9.13. The van der Waals surface area contributed by atoms with Crippen LogP contribution in [0.2, 0.25) is 13.1 Å².